The zero-order valence-corrected chi connectivity index (χ0v) is 21.1. The average molecular weight is 499 g/mol. The molecule has 3 N–H and O–H groups in total. The fourth-order valence-electron chi connectivity index (χ4n) is 4.25. The molecular formula is C30H30N2O3S. The van der Waals surface area contributed by atoms with Crippen LogP contribution in [0.1, 0.15) is 24.5 Å². The van der Waals surface area contributed by atoms with E-state index in [2.05, 4.69) is 49.4 Å². The van der Waals surface area contributed by atoms with Crippen molar-refractivity contribution >= 4 is 39.8 Å². The molecule has 0 aliphatic heterocycles. The van der Waals surface area contributed by atoms with E-state index in [1.807, 2.05) is 47.4 Å². The summed E-state index contributed by atoms with van der Waals surface area (Å²) in [6.07, 6.45) is 1.47. The van der Waals surface area contributed by atoms with E-state index < -0.39 is 5.97 Å². The minimum Gasteiger partial charge on any atom is -0.491 e. The number of thiocarbonyl (C=S) groups is 1. The number of hydrogen-bond acceptors (Lipinski definition) is 3. The van der Waals surface area contributed by atoms with Crippen molar-refractivity contribution < 1.29 is 14.6 Å². The molecule has 0 aromatic heterocycles. The van der Waals surface area contributed by atoms with Gasteiger partial charge in [-0.1, -0.05) is 61.5 Å². The van der Waals surface area contributed by atoms with Gasteiger partial charge >= 0.3 is 5.97 Å². The Bertz CT molecular complexity index is 1390. The molecule has 0 heterocycles. The Kier molecular flexibility index (Phi) is 8.18. The molecule has 0 saturated heterocycles. The number of aliphatic carboxylic acids is 1. The Morgan fingerprint density at radius 1 is 0.944 bits per heavy atom. The van der Waals surface area contributed by atoms with Gasteiger partial charge in [0.1, 0.15) is 12.4 Å². The molecule has 6 heteroatoms. The second kappa shape index (κ2) is 11.7. The SMILES string of the molecule is CCc1cccc(N(CCOc2ccc(CCC(=O)O)cc2-c2ccc3ccccc3c2)C(N)=S)c1. The number of ether oxygens (including phenoxy) is 1. The topological polar surface area (TPSA) is 75.8 Å². The zero-order valence-electron chi connectivity index (χ0n) is 20.3. The number of carboxylic acid groups (broad SMARTS) is 1. The van der Waals surface area contributed by atoms with Crippen molar-refractivity contribution in [3.8, 4) is 16.9 Å². The highest BCUT2D eigenvalue weighted by atomic mass is 32.1. The van der Waals surface area contributed by atoms with Gasteiger partial charge < -0.3 is 20.5 Å². The normalized spacial score (nSPS) is 10.8. The molecule has 0 saturated carbocycles. The molecule has 0 radical (unpaired) electrons. The third-order valence-corrected chi connectivity index (χ3v) is 6.42. The van der Waals surface area contributed by atoms with Crippen LogP contribution in [0.5, 0.6) is 5.75 Å². The summed E-state index contributed by atoms with van der Waals surface area (Å²) in [5.74, 6) is -0.0814. The Hall–Kier alpha value is -3.90. The second-order valence-electron chi connectivity index (χ2n) is 8.65. The lowest BCUT2D eigenvalue weighted by molar-refractivity contribution is -0.136. The first-order valence-corrected chi connectivity index (χ1v) is 12.5. The van der Waals surface area contributed by atoms with Crippen LogP contribution in [0.25, 0.3) is 21.9 Å². The molecular weight excluding hydrogens is 468 g/mol. The largest absolute Gasteiger partial charge is 0.491 e. The van der Waals surface area contributed by atoms with Crippen molar-refractivity contribution in [3.05, 3.63) is 96.1 Å². The fourth-order valence-corrected chi connectivity index (χ4v) is 4.45. The molecule has 0 atom stereocenters. The third-order valence-electron chi connectivity index (χ3n) is 6.20. The Morgan fingerprint density at radius 3 is 2.50 bits per heavy atom. The van der Waals surface area contributed by atoms with Crippen LogP contribution in [0.15, 0.2) is 84.9 Å². The van der Waals surface area contributed by atoms with E-state index in [-0.39, 0.29) is 6.42 Å². The van der Waals surface area contributed by atoms with Crippen molar-refractivity contribution in [1.82, 2.24) is 0 Å². The highest BCUT2D eigenvalue weighted by Gasteiger charge is 2.13. The Labute approximate surface area is 217 Å². The van der Waals surface area contributed by atoms with Gasteiger partial charge in [0.05, 0.1) is 6.54 Å². The smallest absolute Gasteiger partial charge is 0.303 e. The number of aryl methyl sites for hydroxylation is 2. The molecule has 4 rings (SSSR count). The monoisotopic (exact) mass is 498 g/mol. The molecule has 0 amide bonds. The maximum absolute atomic E-state index is 11.1. The van der Waals surface area contributed by atoms with Gasteiger partial charge in [0, 0.05) is 17.7 Å². The van der Waals surface area contributed by atoms with E-state index in [1.165, 1.54) is 5.56 Å². The predicted molar refractivity (Wildman–Crippen MR) is 151 cm³/mol. The first-order chi connectivity index (χ1) is 17.4. The van der Waals surface area contributed by atoms with Crippen LogP contribution in [-0.2, 0) is 17.6 Å². The molecule has 0 spiro atoms. The van der Waals surface area contributed by atoms with E-state index >= 15 is 0 Å². The van der Waals surface area contributed by atoms with Crippen molar-refractivity contribution in [2.45, 2.75) is 26.2 Å². The van der Waals surface area contributed by atoms with Crippen molar-refractivity contribution in [1.29, 1.82) is 0 Å². The summed E-state index contributed by atoms with van der Waals surface area (Å²) in [4.78, 5) is 13.0. The maximum Gasteiger partial charge on any atom is 0.303 e. The third kappa shape index (κ3) is 6.20. The summed E-state index contributed by atoms with van der Waals surface area (Å²) in [7, 11) is 0. The Balaban J connectivity index is 1.59. The molecule has 184 valence electrons. The van der Waals surface area contributed by atoms with Crippen LogP contribution in [0.4, 0.5) is 5.69 Å². The molecule has 0 fully saturated rings. The van der Waals surface area contributed by atoms with Gasteiger partial charge in [0.15, 0.2) is 5.11 Å². The number of nitrogens with zero attached hydrogens (tertiary/aromatic N) is 1. The summed E-state index contributed by atoms with van der Waals surface area (Å²) in [5.41, 5.74) is 11.1. The highest BCUT2D eigenvalue weighted by molar-refractivity contribution is 7.80. The number of nitrogens with two attached hydrogens (primary N) is 1. The number of fused-ring (bicyclic) bond motifs is 1. The van der Waals surface area contributed by atoms with Crippen LogP contribution >= 0.6 is 12.2 Å². The zero-order chi connectivity index (χ0) is 25.5. The van der Waals surface area contributed by atoms with Crippen LogP contribution in [0.2, 0.25) is 0 Å². The van der Waals surface area contributed by atoms with E-state index in [1.54, 1.807) is 0 Å². The van der Waals surface area contributed by atoms with Gasteiger partial charge in [-0.15, -0.1) is 0 Å². The summed E-state index contributed by atoms with van der Waals surface area (Å²) in [6.45, 7) is 2.99. The highest BCUT2D eigenvalue weighted by Crippen LogP contribution is 2.33. The number of carbonyl (C=O) groups is 1. The molecule has 4 aromatic carbocycles. The molecule has 0 aliphatic rings. The van der Waals surface area contributed by atoms with E-state index in [4.69, 9.17) is 27.8 Å². The number of hydrogen-bond donors (Lipinski definition) is 2. The Morgan fingerprint density at radius 2 is 1.75 bits per heavy atom. The minimum absolute atomic E-state index is 0.0804. The van der Waals surface area contributed by atoms with Crippen molar-refractivity contribution in [2.75, 3.05) is 18.1 Å². The van der Waals surface area contributed by atoms with Crippen LogP contribution in [0.3, 0.4) is 0 Å². The van der Waals surface area contributed by atoms with Crippen molar-refractivity contribution in [3.63, 3.8) is 0 Å². The first kappa shape index (κ1) is 25.2. The first-order valence-electron chi connectivity index (χ1n) is 12.1. The fraction of sp³-hybridized carbons (Fsp3) is 0.200. The quantitative estimate of drug-likeness (QED) is 0.253. The number of rotatable bonds is 10. The summed E-state index contributed by atoms with van der Waals surface area (Å²) >= 11 is 5.32. The van der Waals surface area contributed by atoms with Crippen LogP contribution in [0, 0.1) is 0 Å². The van der Waals surface area contributed by atoms with Gasteiger partial charge in [-0.05, 0) is 82.9 Å². The summed E-state index contributed by atoms with van der Waals surface area (Å²) in [6, 6.07) is 28.6. The number of benzene rings is 4. The molecule has 4 aromatic rings. The van der Waals surface area contributed by atoms with Crippen LogP contribution < -0.4 is 15.4 Å². The summed E-state index contributed by atoms with van der Waals surface area (Å²) < 4.78 is 6.27. The standard InChI is InChI=1S/C30H30N2O3S/c1-2-21-6-5-9-26(18-21)32(30(31)36)16-17-35-28-14-10-22(11-15-29(33)34)19-27(28)25-13-12-23-7-3-4-8-24(23)20-25/h3-10,12-14,18-20H,2,11,15-17H2,1H3,(H2,31,36)(H,33,34). The van der Waals surface area contributed by atoms with Gasteiger partial charge in [-0.3, -0.25) is 4.79 Å². The van der Waals surface area contributed by atoms with Gasteiger partial charge in [-0.2, -0.15) is 0 Å². The predicted octanol–water partition coefficient (Wildman–Crippen LogP) is 6.22. The molecule has 5 nitrogen and oxygen atoms in total. The number of carboxylic acids is 1. The van der Waals surface area contributed by atoms with E-state index in [0.29, 0.717) is 24.7 Å². The summed E-state index contributed by atoms with van der Waals surface area (Å²) in [5, 5.41) is 11.7. The lowest BCUT2D eigenvalue weighted by Crippen LogP contribution is -2.38. The van der Waals surface area contributed by atoms with Crippen LogP contribution in [-0.4, -0.2) is 29.3 Å². The molecule has 0 aliphatic carbocycles. The average Bonchev–Trinajstić information content (AvgIpc) is 2.89. The molecule has 36 heavy (non-hydrogen) atoms. The van der Waals surface area contributed by atoms with Gasteiger partial charge in [0.2, 0.25) is 0 Å². The molecule has 0 unspecified atom stereocenters. The minimum atomic E-state index is -0.812. The lowest BCUT2D eigenvalue weighted by Gasteiger charge is -2.24. The molecule has 0 bridgehead atoms. The van der Waals surface area contributed by atoms with E-state index in [0.717, 1.165) is 45.3 Å². The lowest BCUT2D eigenvalue weighted by atomic mass is 9.97. The maximum atomic E-state index is 11.1. The van der Waals surface area contributed by atoms with E-state index in [9.17, 15) is 4.79 Å². The van der Waals surface area contributed by atoms with Gasteiger partial charge in [0.25, 0.3) is 0 Å². The van der Waals surface area contributed by atoms with Crippen molar-refractivity contribution in [2.24, 2.45) is 5.73 Å². The number of anilines is 1. The second-order valence-corrected chi connectivity index (χ2v) is 9.07. The van der Waals surface area contributed by atoms with Gasteiger partial charge in [-0.25, -0.2) is 0 Å².